The van der Waals surface area contributed by atoms with E-state index in [1.165, 1.54) is 0 Å². The number of carbonyl (C=O) groups excluding carboxylic acids is 3. The number of hydrogen-bond acceptors (Lipinski definition) is 4. The first-order valence-corrected chi connectivity index (χ1v) is 7.83. The molecular formula is C16H22ClN3O4. The Labute approximate surface area is 146 Å². The van der Waals surface area contributed by atoms with Gasteiger partial charge in [0.1, 0.15) is 5.60 Å². The predicted octanol–water partition coefficient (Wildman–Crippen LogP) is 1.71. The number of nitrogens with one attached hydrogen (secondary N) is 3. The summed E-state index contributed by atoms with van der Waals surface area (Å²) in [5.74, 6) is -0.699. The third-order valence-electron chi connectivity index (χ3n) is 2.64. The normalized spacial score (nSPS) is 10.7. The maximum Gasteiger partial charge on any atom is 0.408 e. The van der Waals surface area contributed by atoms with Gasteiger partial charge in [0.15, 0.2) is 0 Å². The average molecular weight is 356 g/mol. The zero-order valence-corrected chi connectivity index (χ0v) is 14.7. The molecule has 0 saturated heterocycles. The lowest BCUT2D eigenvalue weighted by atomic mass is 10.2. The van der Waals surface area contributed by atoms with Crippen LogP contribution < -0.4 is 16.0 Å². The minimum absolute atomic E-state index is 0.201. The highest BCUT2D eigenvalue weighted by Crippen LogP contribution is 2.14. The van der Waals surface area contributed by atoms with E-state index in [9.17, 15) is 14.4 Å². The quantitative estimate of drug-likeness (QED) is 0.677. The van der Waals surface area contributed by atoms with E-state index < -0.39 is 11.7 Å². The summed E-state index contributed by atoms with van der Waals surface area (Å²) >= 11 is 5.92. The Kier molecular flexibility index (Phi) is 7.51. The summed E-state index contributed by atoms with van der Waals surface area (Å²) in [5, 5.41) is 7.91. The second-order valence-electron chi connectivity index (χ2n) is 5.94. The predicted molar refractivity (Wildman–Crippen MR) is 91.0 cm³/mol. The molecule has 132 valence electrons. The van der Waals surface area contributed by atoms with Crippen molar-refractivity contribution in [3.8, 4) is 0 Å². The monoisotopic (exact) mass is 355 g/mol. The summed E-state index contributed by atoms with van der Waals surface area (Å²) in [5.41, 5.74) is -0.249. The number of alkyl carbamates (subject to hydrolysis) is 1. The van der Waals surface area contributed by atoms with Crippen LogP contribution in [0.1, 0.15) is 31.1 Å². The van der Waals surface area contributed by atoms with Crippen molar-refractivity contribution in [2.75, 3.05) is 19.6 Å². The third-order valence-corrected chi connectivity index (χ3v) is 2.97. The summed E-state index contributed by atoms with van der Waals surface area (Å²) in [6.45, 7) is 5.46. The van der Waals surface area contributed by atoms with Crippen molar-refractivity contribution in [2.45, 2.75) is 26.4 Å². The molecule has 1 aromatic rings. The maximum atomic E-state index is 11.9. The van der Waals surface area contributed by atoms with Gasteiger partial charge in [0.25, 0.3) is 5.91 Å². The zero-order chi connectivity index (χ0) is 18.2. The first kappa shape index (κ1) is 19.8. The first-order chi connectivity index (χ1) is 11.2. The molecule has 0 fully saturated rings. The molecule has 0 bridgehead atoms. The highest BCUT2D eigenvalue weighted by Gasteiger charge is 2.16. The van der Waals surface area contributed by atoms with Crippen molar-refractivity contribution in [3.05, 3.63) is 34.9 Å². The standard InChI is InChI=1S/C16H22ClN3O4/c1-16(2,3)24-15(23)20-10-13(21)18-8-9-19-14(22)11-6-4-5-7-12(11)17/h4-7H,8-10H2,1-3H3,(H,18,21)(H,19,22)(H,20,23). The Morgan fingerprint density at radius 1 is 1.04 bits per heavy atom. The summed E-state index contributed by atoms with van der Waals surface area (Å²) in [7, 11) is 0. The van der Waals surface area contributed by atoms with Gasteiger partial charge >= 0.3 is 6.09 Å². The number of rotatable bonds is 6. The van der Waals surface area contributed by atoms with E-state index in [4.69, 9.17) is 16.3 Å². The van der Waals surface area contributed by atoms with Gasteiger partial charge in [-0.3, -0.25) is 9.59 Å². The van der Waals surface area contributed by atoms with Gasteiger partial charge in [0, 0.05) is 13.1 Å². The molecule has 0 aliphatic carbocycles. The third kappa shape index (κ3) is 7.82. The second kappa shape index (κ2) is 9.12. The van der Waals surface area contributed by atoms with E-state index in [0.717, 1.165) is 0 Å². The summed E-state index contributed by atoms with van der Waals surface area (Å²) in [6.07, 6.45) is -0.662. The lowest BCUT2D eigenvalue weighted by molar-refractivity contribution is -0.120. The smallest absolute Gasteiger partial charge is 0.408 e. The van der Waals surface area contributed by atoms with Crippen molar-refractivity contribution in [1.29, 1.82) is 0 Å². The number of halogens is 1. The number of hydrogen-bond donors (Lipinski definition) is 3. The van der Waals surface area contributed by atoms with Gasteiger partial charge in [-0.25, -0.2) is 4.79 Å². The fourth-order valence-corrected chi connectivity index (χ4v) is 1.87. The molecule has 7 nitrogen and oxygen atoms in total. The van der Waals surface area contributed by atoms with E-state index >= 15 is 0 Å². The van der Waals surface area contributed by atoms with Crippen LogP contribution in [0.5, 0.6) is 0 Å². The molecule has 0 unspecified atom stereocenters. The van der Waals surface area contributed by atoms with Gasteiger partial charge in [-0.15, -0.1) is 0 Å². The Bertz CT molecular complexity index is 599. The molecule has 0 aromatic heterocycles. The van der Waals surface area contributed by atoms with Crippen LogP contribution in [0.15, 0.2) is 24.3 Å². The molecule has 0 saturated carbocycles. The van der Waals surface area contributed by atoms with E-state index in [2.05, 4.69) is 16.0 Å². The van der Waals surface area contributed by atoms with Crippen LogP contribution in [0.4, 0.5) is 4.79 Å². The van der Waals surface area contributed by atoms with Crippen LogP contribution in [0, 0.1) is 0 Å². The number of benzene rings is 1. The van der Waals surface area contributed by atoms with Crippen molar-refractivity contribution >= 4 is 29.5 Å². The lowest BCUT2D eigenvalue weighted by Gasteiger charge is -2.19. The molecule has 1 aromatic carbocycles. The van der Waals surface area contributed by atoms with Crippen LogP contribution in [-0.2, 0) is 9.53 Å². The summed E-state index contributed by atoms with van der Waals surface area (Å²) in [4.78, 5) is 34.8. The molecule has 3 amide bonds. The maximum absolute atomic E-state index is 11.9. The molecule has 8 heteroatoms. The van der Waals surface area contributed by atoms with Crippen molar-refractivity contribution in [1.82, 2.24) is 16.0 Å². The van der Waals surface area contributed by atoms with Gasteiger partial charge in [-0.2, -0.15) is 0 Å². The fourth-order valence-electron chi connectivity index (χ4n) is 1.65. The highest BCUT2D eigenvalue weighted by atomic mass is 35.5. The van der Waals surface area contributed by atoms with E-state index in [1.54, 1.807) is 45.0 Å². The SMILES string of the molecule is CC(C)(C)OC(=O)NCC(=O)NCCNC(=O)c1ccccc1Cl. The molecule has 0 aliphatic rings. The van der Waals surface area contributed by atoms with Crippen molar-refractivity contribution in [2.24, 2.45) is 0 Å². The van der Waals surface area contributed by atoms with E-state index in [0.29, 0.717) is 10.6 Å². The van der Waals surface area contributed by atoms with Gasteiger partial charge in [-0.1, -0.05) is 23.7 Å². The lowest BCUT2D eigenvalue weighted by Crippen LogP contribution is -2.42. The second-order valence-corrected chi connectivity index (χ2v) is 6.35. The number of amides is 3. The van der Waals surface area contributed by atoms with Crippen LogP contribution in [0.25, 0.3) is 0 Å². The molecule has 3 N–H and O–H groups in total. The molecule has 0 aliphatic heterocycles. The average Bonchev–Trinajstić information content (AvgIpc) is 2.48. The van der Waals surface area contributed by atoms with E-state index in [1.807, 2.05) is 0 Å². The number of ether oxygens (including phenoxy) is 1. The Balaban J connectivity index is 2.21. The van der Waals surface area contributed by atoms with Crippen LogP contribution in [0.2, 0.25) is 5.02 Å². The minimum atomic E-state index is -0.662. The van der Waals surface area contributed by atoms with Crippen LogP contribution >= 0.6 is 11.6 Å². The van der Waals surface area contributed by atoms with Crippen molar-refractivity contribution in [3.63, 3.8) is 0 Å². The fraction of sp³-hybridized carbons (Fsp3) is 0.438. The topological polar surface area (TPSA) is 96.5 Å². The van der Waals surface area contributed by atoms with Gasteiger partial charge in [0.05, 0.1) is 17.1 Å². The molecule has 1 rings (SSSR count). The molecule has 24 heavy (non-hydrogen) atoms. The highest BCUT2D eigenvalue weighted by molar-refractivity contribution is 6.33. The summed E-state index contributed by atoms with van der Waals surface area (Å²) in [6, 6.07) is 6.68. The Morgan fingerprint density at radius 2 is 1.67 bits per heavy atom. The molecule has 0 spiro atoms. The summed E-state index contributed by atoms with van der Waals surface area (Å²) < 4.78 is 5.01. The van der Waals surface area contributed by atoms with Crippen LogP contribution in [0.3, 0.4) is 0 Å². The van der Waals surface area contributed by atoms with Crippen molar-refractivity contribution < 1.29 is 19.1 Å². The number of carbonyl (C=O) groups is 3. The van der Waals surface area contributed by atoms with Gasteiger partial charge in [-0.05, 0) is 32.9 Å². The van der Waals surface area contributed by atoms with Gasteiger partial charge < -0.3 is 20.7 Å². The van der Waals surface area contributed by atoms with E-state index in [-0.39, 0.29) is 31.4 Å². The Morgan fingerprint density at radius 3 is 2.29 bits per heavy atom. The van der Waals surface area contributed by atoms with Crippen LogP contribution in [-0.4, -0.2) is 43.1 Å². The molecular weight excluding hydrogens is 334 g/mol. The molecule has 0 radical (unpaired) electrons. The zero-order valence-electron chi connectivity index (χ0n) is 13.9. The van der Waals surface area contributed by atoms with Gasteiger partial charge in [0.2, 0.25) is 5.91 Å². The first-order valence-electron chi connectivity index (χ1n) is 7.45. The Hall–Kier alpha value is -2.28. The largest absolute Gasteiger partial charge is 0.444 e. The molecule has 0 atom stereocenters. The molecule has 0 heterocycles. The minimum Gasteiger partial charge on any atom is -0.444 e.